The lowest BCUT2D eigenvalue weighted by Crippen LogP contribution is -2.21. The van der Waals surface area contributed by atoms with E-state index in [-0.39, 0.29) is 6.42 Å². The largest absolute Gasteiger partial charge is 0.550 e. The van der Waals surface area contributed by atoms with Crippen LogP contribution in [0.3, 0.4) is 0 Å². The number of fused-ring (bicyclic) bond motifs is 3. The van der Waals surface area contributed by atoms with Crippen molar-refractivity contribution in [3.8, 4) is 0 Å². The van der Waals surface area contributed by atoms with Gasteiger partial charge in [-0.3, -0.25) is 4.40 Å². The number of rotatable bonds is 6. The smallest absolute Gasteiger partial charge is 0.148 e. The Morgan fingerprint density at radius 3 is 2.95 bits per heavy atom. The van der Waals surface area contributed by atoms with Crippen molar-refractivity contribution in [1.29, 1.82) is 0 Å². The molecule has 1 aromatic carbocycles. The molecule has 0 aliphatic rings. The highest BCUT2D eigenvalue weighted by atomic mass is 32.2. The molecule has 0 unspecified atom stereocenters. The minimum absolute atomic E-state index is 0.125. The molecule has 0 radical (unpaired) electrons. The third-order valence-corrected chi connectivity index (χ3v) is 4.34. The van der Waals surface area contributed by atoms with Crippen LogP contribution >= 0.6 is 11.8 Å². The molecule has 0 atom stereocenters. The van der Waals surface area contributed by atoms with Gasteiger partial charge in [0.05, 0.1) is 11.7 Å². The maximum atomic E-state index is 10.4. The van der Waals surface area contributed by atoms with E-state index in [1.807, 2.05) is 34.9 Å². The van der Waals surface area contributed by atoms with E-state index in [0.717, 1.165) is 33.7 Å². The second-order valence-corrected chi connectivity index (χ2v) is 5.84. The Hall–Kier alpha value is -2.08. The summed E-state index contributed by atoms with van der Waals surface area (Å²) in [6.45, 7) is 0. The summed E-state index contributed by atoms with van der Waals surface area (Å²) in [6.07, 6.45) is 5.24. The number of imidazole rings is 1. The molecular formula is C15H14N3O2S-. The number of unbranched alkanes of at least 4 members (excludes halogenated alkanes) is 1. The Bertz CT molecular complexity index is 785. The number of nitrogens with zero attached hydrogens (tertiary/aromatic N) is 3. The lowest BCUT2D eigenvalue weighted by atomic mass is 10.2. The zero-order valence-electron chi connectivity index (χ0n) is 11.4. The summed E-state index contributed by atoms with van der Waals surface area (Å²) in [5.41, 5.74) is 1.83. The molecule has 3 rings (SSSR count). The molecule has 0 bridgehead atoms. The fraction of sp³-hybridized carbons (Fsp3) is 0.267. The molecule has 2 aromatic heterocycles. The van der Waals surface area contributed by atoms with Crippen molar-refractivity contribution < 1.29 is 9.90 Å². The van der Waals surface area contributed by atoms with E-state index in [9.17, 15) is 9.90 Å². The van der Waals surface area contributed by atoms with Crippen LogP contribution in [0.25, 0.3) is 16.6 Å². The number of aliphatic carboxylic acids is 1. The molecule has 21 heavy (non-hydrogen) atoms. The van der Waals surface area contributed by atoms with Crippen molar-refractivity contribution >= 4 is 34.3 Å². The van der Waals surface area contributed by atoms with Crippen molar-refractivity contribution in [3.63, 3.8) is 0 Å². The van der Waals surface area contributed by atoms with Crippen LogP contribution < -0.4 is 5.11 Å². The van der Waals surface area contributed by atoms with E-state index in [1.165, 1.54) is 0 Å². The lowest BCUT2D eigenvalue weighted by molar-refractivity contribution is -0.305. The number of para-hydroxylation sites is 1. The third-order valence-electron chi connectivity index (χ3n) is 3.25. The van der Waals surface area contributed by atoms with Gasteiger partial charge in [0.25, 0.3) is 0 Å². The molecule has 0 saturated heterocycles. The van der Waals surface area contributed by atoms with Gasteiger partial charge < -0.3 is 9.90 Å². The summed E-state index contributed by atoms with van der Waals surface area (Å²) in [4.78, 5) is 19.3. The first-order chi connectivity index (χ1) is 10.3. The molecule has 0 saturated carbocycles. The second kappa shape index (κ2) is 6.13. The van der Waals surface area contributed by atoms with Gasteiger partial charge >= 0.3 is 0 Å². The maximum Gasteiger partial charge on any atom is 0.148 e. The highest BCUT2D eigenvalue weighted by Crippen LogP contribution is 2.24. The molecule has 108 valence electrons. The van der Waals surface area contributed by atoms with Gasteiger partial charge in [0.15, 0.2) is 0 Å². The van der Waals surface area contributed by atoms with Crippen molar-refractivity contribution in [3.05, 3.63) is 36.8 Å². The average molecular weight is 300 g/mol. The summed E-state index contributed by atoms with van der Waals surface area (Å²) in [7, 11) is 0. The first kappa shape index (κ1) is 13.9. The van der Waals surface area contributed by atoms with E-state index in [2.05, 4.69) is 9.97 Å². The van der Waals surface area contributed by atoms with Gasteiger partial charge in [-0.15, -0.1) is 11.8 Å². The number of carbonyl (C=O) groups excluding carboxylic acids is 1. The second-order valence-electron chi connectivity index (χ2n) is 4.73. The molecule has 0 N–H and O–H groups in total. The van der Waals surface area contributed by atoms with Crippen LogP contribution in [0, 0.1) is 0 Å². The number of carboxylic acids is 1. The predicted molar refractivity (Wildman–Crippen MR) is 80.1 cm³/mol. The van der Waals surface area contributed by atoms with Gasteiger partial charge in [-0.05, 0) is 37.1 Å². The molecule has 5 nitrogen and oxygen atoms in total. The topological polar surface area (TPSA) is 70.3 Å². The quantitative estimate of drug-likeness (QED) is 0.513. The summed E-state index contributed by atoms with van der Waals surface area (Å²) in [5.74, 6) is -0.126. The molecule has 2 heterocycles. The standard InChI is InChI=1S/C15H15N3O2S/c19-14(20)7-3-4-8-21-13-9-16-15-11-5-1-2-6-12(11)17-10-18(13)15/h1-2,5-6,9-10H,3-4,7-8H2,(H,19,20)/p-1. The molecule has 0 aliphatic carbocycles. The van der Waals surface area contributed by atoms with Gasteiger partial charge in [0.2, 0.25) is 0 Å². The van der Waals surface area contributed by atoms with Crippen LogP contribution in [0.2, 0.25) is 0 Å². The highest BCUT2D eigenvalue weighted by Gasteiger charge is 2.07. The van der Waals surface area contributed by atoms with Gasteiger partial charge in [-0.1, -0.05) is 12.1 Å². The van der Waals surface area contributed by atoms with E-state index in [4.69, 9.17) is 0 Å². The Labute approximate surface area is 126 Å². The van der Waals surface area contributed by atoms with Crippen LogP contribution in [-0.4, -0.2) is 26.1 Å². The minimum Gasteiger partial charge on any atom is -0.550 e. The molecular weight excluding hydrogens is 286 g/mol. The zero-order valence-corrected chi connectivity index (χ0v) is 12.2. The Morgan fingerprint density at radius 1 is 1.24 bits per heavy atom. The van der Waals surface area contributed by atoms with E-state index < -0.39 is 5.97 Å². The van der Waals surface area contributed by atoms with Gasteiger partial charge in [0, 0.05) is 11.4 Å². The first-order valence-corrected chi connectivity index (χ1v) is 7.78. The maximum absolute atomic E-state index is 10.4. The lowest BCUT2D eigenvalue weighted by Gasteiger charge is -2.04. The number of carbonyl (C=O) groups is 1. The van der Waals surface area contributed by atoms with Crippen molar-refractivity contribution in [1.82, 2.24) is 14.4 Å². The van der Waals surface area contributed by atoms with Gasteiger partial charge in [0.1, 0.15) is 17.0 Å². The predicted octanol–water partition coefficient (Wildman–Crippen LogP) is 1.89. The van der Waals surface area contributed by atoms with Crippen LogP contribution in [0.5, 0.6) is 0 Å². The molecule has 0 spiro atoms. The molecule has 3 aromatic rings. The molecule has 6 heteroatoms. The highest BCUT2D eigenvalue weighted by molar-refractivity contribution is 7.99. The summed E-state index contributed by atoms with van der Waals surface area (Å²) in [6, 6.07) is 7.92. The fourth-order valence-corrected chi connectivity index (χ4v) is 3.16. The first-order valence-electron chi connectivity index (χ1n) is 6.79. The normalized spacial score (nSPS) is 11.2. The van der Waals surface area contributed by atoms with Crippen molar-refractivity contribution in [2.24, 2.45) is 0 Å². The number of thioether (sulfide) groups is 1. The number of hydrogen-bond donors (Lipinski definition) is 0. The average Bonchev–Trinajstić information content (AvgIpc) is 2.90. The number of hydrogen-bond acceptors (Lipinski definition) is 5. The Kier molecular flexibility index (Phi) is 4.06. The van der Waals surface area contributed by atoms with Crippen molar-refractivity contribution in [2.45, 2.75) is 24.3 Å². The van der Waals surface area contributed by atoms with Gasteiger partial charge in [-0.2, -0.15) is 0 Å². The van der Waals surface area contributed by atoms with Crippen LogP contribution in [-0.2, 0) is 4.79 Å². The monoisotopic (exact) mass is 300 g/mol. The Balaban J connectivity index is 1.75. The number of benzene rings is 1. The molecule has 0 fully saturated rings. The zero-order chi connectivity index (χ0) is 14.7. The summed E-state index contributed by atoms with van der Waals surface area (Å²) in [5, 5.41) is 12.4. The minimum atomic E-state index is -0.981. The SMILES string of the molecule is O=C([O-])CCCCSc1cnc2c3ccccc3ncn12. The third kappa shape index (κ3) is 3.00. The van der Waals surface area contributed by atoms with Crippen LogP contribution in [0.4, 0.5) is 0 Å². The van der Waals surface area contributed by atoms with E-state index >= 15 is 0 Å². The molecule has 0 aliphatic heterocycles. The number of carboxylic acid groups (broad SMARTS) is 1. The van der Waals surface area contributed by atoms with E-state index in [0.29, 0.717) is 6.42 Å². The Morgan fingerprint density at radius 2 is 2.10 bits per heavy atom. The fourth-order valence-electron chi connectivity index (χ4n) is 2.21. The molecule has 0 amide bonds. The van der Waals surface area contributed by atoms with E-state index in [1.54, 1.807) is 18.1 Å². The van der Waals surface area contributed by atoms with Crippen LogP contribution in [0.1, 0.15) is 19.3 Å². The summed E-state index contributed by atoms with van der Waals surface area (Å²) < 4.78 is 1.98. The van der Waals surface area contributed by atoms with Gasteiger partial charge in [-0.25, -0.2) is 9.97 Å². The summed E-state index contributed by atoms with van der Waals surface area (Å²) >= 11 is 1.66. The van der Waals surface area contributed by atoms with Crippen LogP contribution in [0.15, 0.2) is 41.8 Å². The number of aromatic nitrogens is 3. The van der Waals surface area contributed by atoms with Crippen molar-refractivity contribution in [2.75, 3.05) is 5.75 Å².